The average molecular weight is 371 g/mol. The van der Waals surface area contributed by atoms with Gasteiger partial charge >= 0.3 is 0 Å². The van der Waals surface area contributed by atoms with Crippen molar-refractivity contribution in [3.05, 3.63) is 11.7 Å². The molecule has 1 aromatic heterocycles. The van der Waals surface area contributed by atoms with Crippen LogP contribution in [0.1, 0.15) is 75.9 Å². The lowest BCUT2D eigenvalue weighted by molar-refractivity contribution is -0.123. The van der Waals surface area contributed by atoms with E-state index in [0.29, 0.717) is 24.1 Å². The van der Waals surface area contributed by atoms with Crippen molar-refractivity contribution >= 4 is 18.3 Å². The fraction of sp³-hybridized carbons (Fsp3) is 0.833. The molecule has 0 aromatic carbocycles. The second-order valence-electron chi connectivity index (χ2n) is 7.41. The molecule has 1 amide bonds. The van der Waals surface area contributed by atoms with Gasteiger partial charge in [-0.3, -0.25) is 4.79 Å². The van der Waals surface area contributed by atoms with Gasteiger partial charge in [0, 0.05) is 13.3 Å². The number of nitrogens with zero attached hydrogens (tertiary/aromatic N) is 2. The molecule has 1 aliphatic heterocycles. The van der Waals surface area contributed by atoms with E-state index in [1.165, 1.54) is 25.7 Å². The molecular weight excluding hydrogens is 340 g/mol. The lowest BCUT2D eigenvalue weighted by Gasteiger charge is -2.31. The molecule has 1 saturated heterocycles. The molecule has 25 heavy (non-hydrogen) atoms. The largest absolute Gasteiger partial charge is 0.343 e. The lowest BCUT2D eigenvalue weighted by atomic mass is 9.88. The van der Waals surface area contributed by atoms with Gasteiger partial charge in [0.1, 0.15) is 5.54 Å². The fourth-order valence-electron chi connectivity index (χ4n) is 4.07. The fourth-order valence-corrected chi connectivity index (χ4v) is 4.07. The monoisotopic (exact) mass is 370 g/mol. The summed E-state index contributed by atoms with van der Waals surface area (Å²) < 4.78 is 5.20. The minimum absolute atomic E-state index is 0. The van der Waals surface area contributed by atoms with E-state index >= 15 is 0 Å². The first-order chi connectivity index (χ1) is 11.7. The Morgan fingerprint density at radius 1 is 1.24 bits per heavy atom. The number of rotatable bonds is 5. The van der Waals surface area contributed by atoms with Gasteiger partial charge in [0.2, 0.25) is 11.8 Å². The molecule has 2 heterocycles. The van der Waals surface area contributed by atoms with Crippen molar-refractivity contribution in [1.82, 2.24) is 20.8 Å². The molecule has 0 spiro atoms. The Morgan fingerprint density at radius 3 is 2.52 bits per heavy atom. The smallest absolute Gasteiger partial charge is 0.223 e. The van der Waals surface area contributed by atoms with Gasteiger partial charge in [-0.25, -0.2) is 0 Å². The van der Waals surface area contributed by atoms with Crippen molar-refractivity contribution in [1.29, 1.82) is 0 Å². The van der Waals surface area contributed by atoms with Crippen LogP contribution in [0.15, 0.2) is 4.52 Å². The highest BCUT2D eigenvalue weighted by Gasteiger charge is 2.38. The van der Waals surface area contributed by atoms with Crippen molar-refractivity contribution in [3.8, 4) is 0 Å². The van der Waals surface area contributed by atoms with Gasteiger partial charge in [-0.15, -0.1) is 12.4 Å². The van der Waals surface area contributed by atoms with Crippen molar-refractivity contribution in [2.45, 2.75) is 76.7 Å². The molecule has 1 aromatic rings. The molecule has 6 nitrogen and oxygen atoms in total. The van der Waals surface area contributed by atoms with Crippen LogP contribution in [-0.4, -0.2) is 29.1 Å². The summed E-state index contributed by atoms with van der Waals surface area (Å²) in [5.41, 5.74) is -0.431. The number of carbonyl (C=O) groups is 1. The Balaban J connectivity index is 0.00000225. The molecule has 7 heteroatoms. The highest BCUT2D eigenvalue weighted by molar-refractivity contribution is 5.85. The zero-order valence-corrected chi connectivity index (χ0v) is 16.0. The summed E-state index contributed by atoms with van der Waals surface area (Å²) >= 11 is 0. The Labute approximate surface area is 156 Å². The SMILES string of the molecule is Cc1nc(C2(NC(=O)CCC3CCNCC3)CCCCCC2)no1.Cl. The second kappa shape index (κ2) is 9.53. The third-order valence-corrected chi connectivity index (χ3v) is 5.53. The van der Waals surface area contributed by atoms with Crippen molar-refractivity contribution < 1.29 is 9.32 Å². The van der Waals surface area contributed by atoms with Gasteiger partial charge in [-0.2, -0.15) is 4.98 Å². The van der Waals surface area contributed by atoms with E-state index in [9.17, 15) is 4.79 Å². The number of hydrogen-bond acceptors (Lipinski definition) is 5. The van der Waals surface area contributed by atoms with Crippen LogP contribution < -0.4 is 10.6 Å². The topological polar surface area (TPSA) is 80.0 Å². The minimum Gasteiger partial charge on any atom is -0.343 e. The van der Waals surface area contributed by atoms with Crippen molar-refractivity contribution in [3.63, 3.8) is 0 Å². The number of halogens is 1. The van der Waals surface area contributed by atoms with E-state index in [-0.39, 0.29) is 18.3 Å². The van der Waals surface area contributed by atoms with Crippen molar-refractivity contribution in [2.75, 3.05) is 13.1 Å². The van der Waals surface area contributed by atoms with Gasteiger partial charge in [0.25, 0.3) is 0 Å². The summed E-state index contributed by atoms with van der Waals surface area (Å²) in [6.07, 6.45) is 10.4. The summed E-state index contributed by atoms with van der Waals surface area (Å²) in [5.74, 6) is 2.04. The van der Waals surface area contributed by atoms with E-state index in [1.54, 1.807) is 6.92 Å². The third kappa shape index (κ3) is 5.42. The minimum atomic E-state index is -0.431. The molecule has 2 aliphatic rings. The molecule has 1 saturated carbocycles. The average Bonchev–Trinajstić information content (AvgIpc) is 2.90. The quantitative estimate of drug-likeness (QED) is 0.777. The number of amides is 1. The number of nitrogens with one attached hydrogen (secondary N) is 2. The Bertz CT molecular complexity index is 535. The second-order valence-corrected chi connectivity index (χ2v) is 7.41. The number of hydrogen-bond donors (Lipinski definition) is 2. The first-order valence-corrected chi connectivity index (χ1v) is 9.50. The summed E-state index contributed by atoms with van der Waals surface area (Å²) in [7, 11) is 0. The third-order valence-electron chi connectivity index (χ3n) is 5.53. The molecule has 142 valence electrons. The summed E-state index contributed by atoms with van der Waals surface area (Å²) in [6.45, 7) is 3.97. The lowest BCUT2D eigenvalue weighted by Crippen LogP contribution is -2.46. The van der Waals surface area contributed by atoms with Crippen LogP contribution in [0.5, 0.6) is 0 Å². The molecule has 3 rings (SSSR count). The van der Waals surface area contributed by atoms with E-state index < -0.39 is 5.54 Å². The zero-order valence-electron chi connectivity index (χ0n) is 15.2. The summed E-state index contributed by atoms with van der Waals surface area (Å²) in [6, 6.07) is 0. The van der Waals surface area contributed by atoms with E-state index in [4.69, 9.17) is 4.52 Å². The van der Waals surface area contributed by atoms with E-state index in [1.807, 2.05) is 0 Å². The van der Waals surface area contributed by atoms with Crippen LogP contribution in [0.4, 0.5) is 0 Å². The van der Waals surface area contributed by atoms with E-state index in [2.05, 4.69) is 20.8 Å². The Kier molecular flexibility index (Phi) is 7.69. The predicted molar refractivity (Wildman–Crippen MR) is 98.6 cm³/mol. The highest BCUT2D eigenvalue weighted by Crippen LogP contribution is 2.35. The van der Waals surface area contributed by atoms with Gasteiger partial charge in [0.15, 0.2) is 5.82 Å². The number of aryl methyl sites for hydroxylation is 1. The summed E-state index contributed by atoms with van der Waals surface area (Å²) in [5, 5.41) is 10.8. The van der Waals surface area contributed by atoms with Crippen LogP contribution in [0, 0.1) is 12.8 Å². The van der Waals surface area contributed by atoms with Gasteiger partial charge in [0.05, 0.1) is 0 Å². The molecule has 0 atom stereocenters. The van der Waals surface area contributed by atoms with Crippen LogP contribution >= 0.6 is 12.4 Å². The molecule has 2 N–H and O–H groups in total. The van der Waals surface area contributed by atoms with Gasteiger partial charge in [-0.1, -0.05) is 30.8 Å². The first-order valence-electron chi connectivity index (χ1n) is 9.50. The van der Waals surface area contributed by atoms with Crippen LogP contribution in [0.2, 0.25) is 0 Å². The standard InChI is InChI=1S/C18H30N4O2.ClH/c1-14-20-17(22-24-14)18(10-4-2-3-5-11-18)21-16(23)7-6-15-8-12-19-13-9-15;/h15,19H,2-13H2,1H3,(H,21,23);1H. The molecule has 0 radical (unpaired) electrons. The van der Waals surface area contributed by atoms with E-state index in [0.717, 1.165) is 45.2 Å². The van der Waals surface area contributed by atoms with Crippen LogP contribution in [-0.2, 0) is 10.3 Å². The Morgan fingerprint density at radius 2 is 1.92 bits per heavy atom. The maximum absolute atomic E-state index is 12.6. The molecule has 1 aliphatic carbocycles. The normalized spacial score (nSPS) is 21.2. The maximum Gasteiger partial charge on any atom is 0.223 e. The molecule has 0 unspecified atom stereocenters. The predicted octanol–water partition coefficient (Wildman–Crippen LogP) is 3.25. The molecule has 0 bridgehead atoms. The van der Waals surface area contributed by atoms with Gasteiger partial charge in [-0.05, 0) is 51.1 Å². The zero-order chi connectivity index (χ0) is 16.8. The first kappa shape index (κ1) is 20.2. The summed E-state index contributed by atoms with van der Waals surface area (Å²) in [4.78, 5) is 17.1. The van der Waals surface area contributed by atoms with Crippen LogP contribution in [0.3, 0.4) is 0 Å². The van der Waals surface area contributed by atoms with Gasteiger partial charge < -0.3 is 15.2 Å². The molecule has 2 fully saturated rings. The maximum atomic E-state index is 12.6. The van der Waals surface area contributed by atoms with Crippen molar-refractivity contribution in [2.24, 2.45) is 5.92 Å². The number of piperidine rings is 1. The number of carbonyl (C=O) groups excluding carboxylic acids is 1. The Hall–Kier alpha value is -1.14. The molecular formula is C18H31ClN4O2. The van der Waals surface area contributed by atoms with Crippen LogP contribution in [0.25, 0.3) is 0 Å². The highest BCUT2D eigenvalue weighted by atomic mass is 35.5. The number of aromatic nitrogens is 2.